The summed E-state index contributed by atoms with van der Waals surface area (Å²) in [4.78, 5) is 5.56. The van der Waals surface area contributed by atoms with Crippen LogP contribution in [0.4, 0.5) is 5.69 Å². The highest BCUT2D eigenvalue weighted by molar-refractivity contribution is 8.90. The Hall–Kier alpha value is -0.500. The van der Waals surface area contributed by atoms with Gasteiger partial charge in [0, 0.05) is 10.6 Å². The summed E-state index contributed by atoms with van der Waals surface area (Å²) in [6.45, 7) is 0. The van der Waals surface area contributed by atoms with Crippen molar-refractivity contribution in [3.05, 3.63) is 24.3 Å². The first kappa shape index (κ1) is 12.9. The number of hydrogen-bond acceptors (Lipinski definition) is 4. The van der Waals surface area contributed by atoms with Crippen molar-refractivity contribution in [2.75, 3.05) is 11.5 Å². The Kier molecular flexibility index (Phi) is 4.13. The van der Waals surface area contributed by atoms with Crippen LogP contribution in [-0.4, -0.2) is 30.0 Å². The zero-order chi connectivity index (χ0) is 12.3. The third kappa shape index (κ3) is 3.74. The van der Waals surface area contributed by atoms with Crippen LogP contribution in [0.25, 0.3) is 0 Å². The lowest BCUT2D eigenvalue weighted by molar-refractivity contribution is 0.482. The van der Waals surface area contributed by atoms with Crippen molar-refractivity contribution in [3.8, 4) is 0 Å². The van der Waals surface area contributed by atoms with Gasteiger partial charge in [0.1, 0.15) is 0 Å². The number of aliphatic imine (C=N–C) groups is 1. The average Bonchev–Trinajstić information content (AvgIpc) is 2.67. The van der Waals surface area contributed by atoms with Gasteiger partial charge in [-0.2, -0.15) is 8.42 Å². The van der Waals surface area contributed by atoms with Gasteiger partial charge in [0.25, 0.3) is 10.1 Å². The molecule has 4 nitrogen and oxygen atoms in total. The van der Waals surface area contributed by atoms with Crippen molar-refractivity contribution in [3.63, 3.8) is 0 Å². The Morgan fingerprint density at radius 2 is 2.12 bits per heavy atom. The summed E-state index contributed by atoms with van der Waals surface area (Å²) in [5.74, 6) is 0.549. The summed E-state index contributed by atoms with van der Waals surface area (Å²) < 4.78 is 29.7. The molecule has 0 fully saturated rings. The van der Waals surface area contributed by atoms with Gasteiger partial charge >= 0.3 is 0 Å². The van der Waals surface area contributed by atoms with Crippen LogP contribution < -0.4 is 0 Å². The Morgan fingerprint density at radius 3 is 2.88 bits per heavy atom. The normalized spacial score (nSPS) is 20.4. The number of hydrogen-bond donors (Lipinski definition) is 2. The fraction of sp³-hybridized carbons (Fsp3) is 0.300. The molecular formula is C10H13NO3S3. The van der Waals surface area contributed by atoms with Crippen LogP contribution in [0.3, 0.4) is 0 Å². The molecule has 1 aliphatic rings. The molecule has 1 unspecified atom stereocenters. The Labute approximate surface area is 107 Å². The van der Waals surface area contributed by atoms with Gasteiger partial charge in [0.05, 0.1) is 17.0 Å². The maximum Gasteiger partial charge on any atom is 0.264 e. The molecule has 1 N–H and O–H groups in total. The molecule has 0 spiro atoms. The Morgan fingerprint density at radius 1 is 1.35 bits per heavy atom. The molecular weight excluding hydrogens is 278 g/mol. The van der Waals surface area contributed by atoms with E-state index in [-0.39, 0.29) is 5.75 Å². The lowest BCUT2D eigenvalue weighted by Crippen LogP contribution is -2.04. The van der Waals surface area contributed by atoms with Gasteiger partial charge < -0.3 is 0 Å². The van der Waals surface area contributed by atoms with Crippen LogP contribution in [0, 0.1) is 0 Å². The van der Waals surface area contributed by atoms with E-state index in [2.05, 4.69) is 11.1 Å². The SMILES string of the molecule is O=S(=O)(O)CCCS[SH]1C=Nc2ccccc21. The molecule has 7 heteroatoms. The minimum Gasteiger partial charge on any atom is -0.286 e. The van der Waals surface area contributed by atoms with Crippen LogP contribution >= 0.6 is 20.7 Å². The second-order valence-electron chi connectivity index (χ2n) is 3.53. The molecule has 94 valence electrons. The van der Waals surface area contributed by atoms with Crippen LogP contribution in [0.1, 0.15) is 6.42 Å². The van der Waals surface area contributed by atoms with Crippen molar-refractivity contribution in [1.82, 2.24) is 0 Å². The molecule has 0 radical (unpaired) electrons. The molecule has 1 aliphatic heterocycles. The predicted molar refractivity (Wildman–Crippen MR) is 75.3 cm³/mol. The lowest BCUT2D eigenvalue weighted by atomic mass is 10.3. The van der Waals surface area contributed by atoms with Gasteiger partial charge in [-0.1, -0.05) is 12.1 Å². The molecule has 1 aromatic carbocycles. The van der Waals surface area contributed by atoms with E-state index >= 15 is 0 Å². The maximum absolute atomic E-state index is 10.6. The maximum atomic E-state index is 10.6. The summed E-state index contributed by atoms with van der Waals surface area (Å²) >= 11 is 0. The van der Waals surface area contributed by atoms with Crippen molar-refractivity contribution < 1.29 is 13.0 Å². The van der Waals surface area contributed by atoms with Gasteiger partial charge in [-0.15, -0.1) is 20.7 Å². The van der Waals surface area contributed by atoms with Crippen LogP contribution in [0.5, 0.6) is 0 Å². The first-order valence-electron chi connectivity index (χ1n) is 5.07. The molecule has 0 bridgehead atoms. The fourth-order valence-corrected chi connectivity index (χ4v) is 5.96. The van der Waals surface area contributed by atoms with Gasteiger partial charge in [-0.25, -0.2) is 4.99 Å². The zero-order valence-corrected chi connectivity index (χ0v) is 11.5. The molecule has 1 heterocycles. The molecule has 2 rings (SSSR count). The number of thiol groups is 1. The number of nitrogens with zero attached hydrogens (tertiary/aromatic N) is 1. The predicted octanol–water partition coefficient (Wildman–Crippen LogP) is 2.65. The highest BCUT2D eigenvalue weighted by Gasteiger charge is 2.15. The van der Waals surface area contributed by atoms with E-state index in [9.17, 15) is 8.42 Å². The molecule has 1 atom stereocenters. The summed E-state index contributed by atoms with van der Waals surface area (Å²) in [5.41, 5.74) is 2.96. The molecule has 1 aromatic rings. The third-order valence-corrected chi connectivity index (χ3v) is 7.19. The van der Waals surface area contributed by atoms with Crippen molar-refractivity contribution in [2.24, 2.45) is 4.99 Å². The summed E-state index contributed by atoms with van der Waals surface area (Å²) in [7, 11) is -2.57. The molecule has 0 aromatic heterocycles. The van der Waals surface area contributed by atoms with E-state index in [1.807, 2.05) is 23.7 Å². The first-order valence-corrected chi connectivity index (χ1v) is 9.68. The van der Waals surface area contributed by atoms with E-state index in [0.717, 1.165) is 5.69 Å². The topological polar surface area (TPSA) is 66.7 Å². The number of benzene rings is 1. The number of para-hydroxylation sites is 1. The highest BCUT2D eigenvalue weighted by Crippen LogP contribution is 2.54. The number of rotatable bonds is 5. The average molecular weight is 291 g/mol. The molecule has 0 saturated heterocycles. The van der Waals surface area contributed by atoms with Crippen LogP contribution in [0.2, 0.25) is 0 Å². The van der Waals surface area contributed by atoms with Gasteiger partial charge in [-0.3, -0.25) is 4.55 Å². The summed E-state index contributed by atoms with van der Waals surface area (Å²) in [5, 5.41) is 0. The highest BCUT2D eigenvalue weighted by atomic mass is 33.1. The largest absolute Gasteiger partial charge is 0.286 e. The monoisotopic (exact) mass is 291 g/mol. The standard InChI is InChI=1S/C10H13NO3S3/c12-17(13,14)7-3-6-15-16-8-11-9-4-1-2-5-10(9)16/h1-2,4-5,8,16H,3,6-7H2,(H,12,13,14). The smallest absolute Gasteiger partial charge is 0.264 e. The molecule has 0 amide bonds. The minimum absolute atomic E-state index is 0.165. The van der Waals surface area contributed by atoms with Gasteiger partial charge in [0.2, 0.25) is 0 Å². The fourth-order valence-electron chi connectivity index (χ4n) is 1.44. The van der Waals surface area contributed by atoms with E-state index in [1.54, 1.807) is 10.8 Å². The molecule has 17 heavy (non-hydrogen) atoms. The van der Waals surface area contributed by atoms with Crippen LogP contribution in [-0.2, 0) is 10.1 Å². The molecule has 0 aliphatic carbocycles. The second kappa shape index (κ2) is 5.43. The van der Waals surface area contributed by atoms with Crippen molar-refractivity contribution in [1.29, 1.82) is 0 Å². The van der Waals surface area contributed by atoms with E-state index in [0.29, 0.717) is 12.2 Å². The van der Waals surface area contributed by atoms with Gasteiger partial charge in [-0.05, 0) is 18.6 Å². The number of fused-ring (bicyclic) bond motifs is 1. The van der Waals surface area contributed by atoms with E-state index in [1.165, 1.54) is 4.90 Å². The minimum atomic E-state index is -3.82. The van der Waals surface area contributed by atoms with Crippen LogP contribution in [0.15, 0.2) is 34.2 Å². The Bertz CT molecular complexity index is 527. The quantitative estimate of drug-likeness (QED) is 0.379. The second-order valence-corrected chi connectivity index (χ2v) is 9.09. The van der Waals surface area contributed by atoms with E-state index < -0.39 is 20.0 Å². The van der Waals surface area contributed by atoms with Crippen molar-refractivity contribution in [2.45, 2.75) is 11.3 Å². The molecule has 0 saturated carbocycles. The lowest BCUT2D eigenvalue weighted by Gasteiger charge is -2.12. The van der Waals surface area contributed by atoms with Crippen molar-refractivity contribution >= 4 is 42.1 Å². The van der Waals surface area contributed by atoms with Gasteiger partial charge in [0.15, 0.2) is 0 Å². The van der Waals surface area contributed by atoms with E-state index in [4.69, 9.17) is 4.55 Å². The Balaban J connectivity index is 1.85. The summed E-state index contributed by atoms with van der Waals surface area (Å²) in [6, 6.07) is 7.98. The first-order chi connectivity index (χ1) is 8.06. The third-order valence-electron chi connectivity index (χ3n) is 2.20. The summed E-state index contributed by atoms with van der Waals surface area (Å²) in [6.07, 6.45) is 0.471. The zero-order valence-electron chi connectivity index (χ0n) is 8.98.